The van der Waals surface area contributed by atoms with Gasteiger partial charge in [-0.05, 0) is 19.3 Å². The maximum Gasteiger partial charge on any atom is 0.169 e. The molecule has 66 valence electrons. The summed E-state index contributed by atoms with van der Waals surface area (Å²) < 4.78 is 2.00. The van der Waals surface area contributed by atoms with Crippen LogP contribution in [0.3, 0.4) is 0 Å². The molecule has 0 bridgehead atoms. The molecule has 1 aromatic rings. The summed E-state index contributed by atoms with van der Waals surface area (Å²) in [5.74, 6) is 0.615. The lowest BCUT2D eigenvalue weighted by Gasteiger charge is -2.02. The van der Waals surface area contributed by atoms with Gasteiger partial charge >= 0.3 is 0 Å². The van der Waals surface area contributed by atoms with Crippen molar-refractivity contribution < 1.29 is 0 Å². The second-order valence-electron chi connectivity index (χ2n) is 3.35. The Kier molecular flexibility index (Phi) is 1.75. The number of hydrogen-bond donors (Lipinski definition) is 1. The first-order valence-electron chi connectivity index (χ1n) is 4.52. The Hall–Kier alpha value is -1.06. The first-order chi connectivity index (χ1) is 5.83. The first-order valence-corrected chi connectivity index (χ1v) is 4.52. The molecule has 1 heterocycles. The number of hydrogen-bond acceptors (Lipinski definition) is 3. The fourth-order valence-corrected chi connectivity index (χ4v) is 1.42. The van der Waals surface area contributed by atoms with Gasteiger partial charge in [0.05, 0.1) is 11.7 Å². The predicted molar refractivity (Wildman–Crippen MR) is 46.7 cm³/mol. The summed E-state index contributed by atoms with van der Waals surface area (Å²) in [7, 11) is 0. The first kappa shape index (κ1) is 7.58. The lowest BCUT2D eigenvalue weighted by Crippen LogP contribution is -2.03. The van der Waals surface area contributed by atoms with Crippen LogP contribution < -0.4 is 5.73 Å². The lowest BCUT2D eigenvalue weighted by molar-refractivity contribution is 0.578. The van der Waals surface area contributed by atoms with Crippen LogP contribution in [-0.4, -0.2) is 15.0 Å². The van der Waals surface area contributed by atoms with E-state index in [4.69, 9.17) is 5.73 Å². The van der Waals surface area contributed by atoms with Gasteiger partial charge in [-0.1, -0.05) is 18.6 Å². The zero-order valence-electron chi connectivity index (χ0n) is 7.32. The number of nitrogens with zero attached hydrogens (tertiary/aromatic N) is 3. The summed E-state index contributed by atoms with van der Waals surface area (Å²) in [5, 5.41) is 7.93. The van der Waals surface area contributed by atoms with Gasteiger partial charge in [0.25, 0.3) is 0 Å². The van der Waals surface area contributed by atoms with E-state index in [0.29, 0.717) is 11.9 Å². The molecule has 0 radical (unpaired) electrons. The molecule has 1 aliphatic carbocycles. The molecule has 4 nitrogen and oxygen atoms in total. The van der Waals surface area contributed by atoms with Crippen molar-refractivity contribution in [2.24, 2.45) is 0 Å². The Morgan fingerprint density at radius 3 is 2.92 bits per heavy atom. The Labute approximate surface area is 71.8 Å². The number of aromatic nitrogens is 3. The van der Waals surface area contributed by atoms with E-state index in [9.17, 15) is 0 Å². The molecule has 0 aliphatic heterocycles. The maximum absolute atomic E-state index is 5.70. The summed E-state index contributed by atoms with van der Waals surface area (Å²) >= 11 is 0. The highest BCUT2D eigenvalue weighted by atomic mass is 15.5. The van der Waals surface area contributed by atoms with Crippen molar-refractivity contribution in [1.29, 1.82) is 0 Å². The normalized spacial score (nSPS) is 16.8. The average molecular weight is 166 g/mol. The molecule has 0 saturated heterocycles. The minimum atomic E-state index is 0.594. The molecule has 1 aromatic heterocycles. The summed E-state index contributed by atoms with van der Waals surface area (Å²) in [6, 6.07) is 0.594. The van der Waals surface area contributed by atoms with E-state index >= 15 is 0 Å². The van der Waals surface area contributed by atoms with Crippen LogP contribution in [-0.2, 0) is 6.42 Å². The van der Waals surface area contributed by atoms with Crippen LogP contribution in [0.2, 0.25) is 0 Å². The van der Waals surface area contributed by atoms with Crippen molar-refractivity contribution in [1.82, 2.24) is 15.0 Å². The van der Waals surface area contributed by atoms with E-state index in [1.54, 1.807) is 0 Å². The maximum atomic E-state index is 5.70. The smallest absolute Gasteiger partial charge is 0.169 e. The fourth-order valence-electron chi connectivity index (χ4n) is 1.42. The van der Waals surface area contributed by atoms with Gasteiger partial charge in [-0.25, -0.2) is 4.68 Å². The topological polar surface area (TPSA) is 56.7 Å². The highest BCUT2D eigenvalue weighted by Gasteiger charge is 2.27. The van der Waals surface area contributed by atoms with E-state index in [0.717, 1.165) is 18.5 Å². The Morgan fingerprint density at radius 1 is 1.58 bits per heavy atom. The third-order valence-corrected chi connectivity index (χ3v) is 2.20. The van der Waals surface area contributed by atoms with Crippen molar-refractivity contribution in [3.63, 3.8) is 0 Å². The van der Waals surface area contributed by atoms with E-state index < -0.39 is 0 Å². The van der Waals surface area contributed by atoms with Crippen LogP contribution in [0.4, 0.5) is 5.82 Å². The minimum Gasteiger partial charge on any atom is -0.381 e. The molecule has 4 heteroatoms. The van der Waals surface area contributed by atoms with Gasteiger partial charge in [0, 0.05) is 0 Å². The van der Waals surface area contributed by atoms with Crippen molar-refractivity contribution in [3.05, 3.63) is 5.69 Å². The number of nitrogens with two attached hydrogens (primary N) is 1. The highest BCUT2D eigenvalue weighted by Crippen LogP contribution is 2.35. The molecule has 0 spiro atoms. The largest absolute Gasteiger partial charge is 0.381 e. The molecule has 0 aromatic carbocycles. The van der Waals surface area contributed by atoms with Crippen LogP contribution in [0.1, 0.15) is 37.9 Å². The molecule has 12 heavy (non-hydrogen) atoms. The van der Waals surface area contributed by atoms with Crippen molar-refractivity contribution in [2.75, 3.05) is 5.73 Å². The van der Waals surface area contributed by atoms with Gasteiger partial charge in [-0.15, -0.1) is 5.10 Å². The fraction of sp³-hybridized carbons (Fsp3) is 0.750. The van der Waals surface area contributed by atoms with Crippen molar-refractivity contribution in [3.8, 4) is 0 Å². The van der Waals surface area contributed by atoms with Gasteiger partial charge in [0.2, 0.25) is 0 Å². The van der Waals surface area contributed by atoms with Crippen molar-refractivity contribution in [2.45, 2.75) is 38.6 Å². The van der Waals surface area contributed by atoms with E-state index in [2.05, 4.69) is 17.2 Å². The van der Waals surface area contributed by atoms with Crippen LogP contribution in [0, 0.1) is 0 Å². The zero-order chi connectivity index (χ0) is 8.55. The number of anilines is 1. The second-order valence-corrected chi connectivity index (χ2v) is 3.35. The molecule has 2 rings (SSSR count). The van der Waals surface area contributed by atoms with E-state index in [-0.39, 0.29) is 0 Å². The molecule has 0 amide bonds. The van der Waals surface area contributed by atoms with Gasteiger partial charge < -0.3 is 5.73 Å². The molecule has 0 atom stereocenters. The van der Waals surface area contributed by atoms with Gasteiger partial charge in [-0.2, -0.15) is 0 Å². The van der Waals surface area contributed by atoms with Gasteiger partial charge in [-0.3, -0.25) is 0 Å². The van der Waals surface area contributed by atoms with Crippen LogP contribution >= 0.6 is 0 Å². The monoisotopic (exact) mass is 166 g/mol. The van der Waals surface area contributed by atoms with E-state index in [1.165, 1.54) is 12.8 Å². The summed E-state index contributed by atoms with van der Waals surface area (Å²) in [6.45, 7) is 2.14. The second kappa shape index (κ2) is 2.77. The van der Waals surface area contributed by atoms with Crippen LogP contribution in [0.15, 0.2) is 0 Å². The Balaban J connectivity index is 2.26. The summed E-state index contributed by atoms with van der Waals surface area (Å²) in [6.07, 6.45) is 4.57. The third-order valence-electron chi connectivity index (χ3n) is 2.20. The number of nitrogen functional groups attached to an aromatic ring is 1. The Morgan fingerprint density at radius 2 is 2.33 bits per heavy atom. The molecular weight excluding hydrogens is 152 g/mol. The van der Waals surface area contributed by atoms with Crippen LogP contribution in [0.25, 0.3) is 0 Å². The van der Waals surface area contributed by atoms with Crippen LogP contribution in [0.5, 0.6) is 0 Å². The quantitative estimate of drug-likeness (QED) is 0.732. The van der Waals surface area contributed by atoms with Gasteiger partial charge in [0.15, 0.2) is 5.82 Å². The number of rotatable bonds is 3. The average Bonchev–Trinajstić information content (AvgIpc) is 2.82. The molecular formula is C8H14N4. The SMILES string of the molecule is CCCc1c(N)nnn1C1CC1. The highest BCUT2D eigenvalue weighted by molar-refractivity contribution is 5.33. The molecule has 1 aliphatic rings. The standard InChI is InChI=1S/C8H14N4/c1-2-3-7-8(9)10-11-12(7)6-4-5-6/h6H,2-5,9H2,1H3. The minimum absolute atomic E-state index is 0.594. The summed E-state index contributed by atoms with van der Waals surface area (Å²) in [5.41, 5.74) is 6.82. The third kappa shape index (κ3) is 1.17. The molecule has 1 fully saturated rings. The van der Waals surface area contributed by atoms with Crippen molar-refractivity contribution >= 4 is 5.82 Å². The lowest BCUT2D eigenvalue weighted by atomic mass is 10.2. The Bertz CT molecular complexity index is 275. The summed E-state index contributed by atoms with van der Waals surface area (Å²) in [4.78, 5) is 0. The predicted octanol–water partition coefficient (Wildman–Crippen LogP) is 1.15. The van der Waals surface area contributed by atoms with Gasteiger partial charge in [0.1, 0.15) is 0 Å². The molecule has 1 saturated carbocycles. The zero-order valence-corrected chi connectivity index (χ0v) is 7.32. The van der Waals surface area contributed by atoms with E-state index in [1.807, 2.05) is 4.68 Å². The molecule has 2 N–H and O–H groups in total. The molecule has 0 unspecified atom stereocenters.